The van der Waals surface area contributed by atoms with Gasteiger partial charge in [-0.1, -0.05) is 60.7 Å². The Hall–Kier alpha value is -4.41. The van der Waals surface area contributed by atoms with Crippen LogP contribution in [0.1, 0.15) is 24.1 Å². The molecule has 4 rings (SSSR count). The summed E-state index contributed by atoms with van der Waals surface area (Å²) in [5.74, 6) is 0.125. The van der Waals surface area contributed by atoms with Gasteiger partial charge in [-0.15, -0.1) is 11.3 Å². The molecule has 0 fully saturated rings. The van der Waals surface area contributed by atoms with E-state index >= 15 is 0 Å². The van der Waals surface area contributed by atoms with Gasteiger partial charge in [0.05, 0.1) is 23.4 Å². The van der Waals surface area contributed by atoms with E-state index in [2.05, 4.69) is 5.32 Å². The minimum Gasteiger partial charge on any atom is -0.497 e. The SMILES string of the molecule is COc1cccc(/C=c2/s/c(=C(\C#N)C(=O)NC(C)c3ccccc3)n(-c3ccccc3)c2=O)c1. The molecule has 0 saturated heterocycles. The quantitative estimate of drug-likeness (QED) is 0.458. The summed E-state index contributed by atoms with van der Waals surface area (Å²) in [6.07, 6.45) is 1.73. The van der Waals surface area contributed by atoms with E-state index < -0.39 is 5.91 Å². The molecule has 1 aromatic heterocycles. The lowest BCUT2D eigenvalue weighted by Gasteiger charge is -2.13. The molecule has 1 heterocycles. The van der Waals surface area contributed by atoms with Gasteiger partial charge in [0, 0.05) is 0 Å². The van der Waals surface area contributed by atoms with E-state index in [1.807, 2.05) is 73.7 Å². The maximum absolute atomic E-state index is 13.5. The fourth-order valence-corrected chi connectivity index (χ4v) is 4.74. The summed E-state index contributed by atoms with van der Waals surface area (Å²) in [5.41, 5.74) is 1.83. The predicted molar refractivity (Wildman–Crippen MR) is 138 cm³/mol. The van der Waals surface area contributed by atoms with Crippen molar-refractivity contribution in [1.29, 1.82) is 5.26 Å². The molecule has 4 aromatic rings. The number of para-hydroxylation sites is 1. The lowest BCUT2D eigenvalue weighted by Crippen LogP contribution is -2.34. The Labute approximate surface area is 206 Å². The molecule has 1 atom stereocenters. The minimum absolute atomic E-state index is 0.121. The van der Waals surface area contributed by atoms with Crippen molar-refractivity contribution in [2.45, 2.75) is 13.0 Å². The first-order valence-electron chi connectivity index (χ1n) is 10.9. The van der Waals surface area contributed by atoms with Crippen LogP contribution in [-0.2, 0) is 4.79 Å². The Bertz CT molecular complexity index is 1570. The van der Waals surface area contributed by atoms with Gasteiger partial charge in [-0.3, -0.25) is 14.2 Å². The molecule has 0 spiro atoms. The number of nitrogens with one attached hydrogen (secondary N) is 1. The van der Waals surface area contributed by atoms with Crippen LogP contribution in [0.2, 0.25) is 0 Å². The lowest BCUT2D eigenvalue weighted by atomic mass is 10.1. The summed E-state index contributed by atoms with van der Waals surface area (Å²) >= 11 is 1.11. The van der Waals surface area contributed by atoms with Crippen molar-refractivity contribution in [3.63, 3.8) is 0 Å². The normalized spacial score (nSPS) is 13.0. The number of rotatable bonds is 6. The molecule has 1 amide bonds. The first-order valence-corrected chi connectivity index (χ1v) is 11.8. The van der Waals surface area contributed by atoms with Gasteiger partial charge in [-0.25, -0.2) is 0 Å². The van der Waals surface area contributed by atoms with Crippen LogP contribution in [0.25, 0.3) is 17.3 Å². The number of carbonyl (C=O) groups excluding carboxylic acids is 1. The molecule has 6 nitrogen and oxygen atoms in total. The number of nitriles is 1. The van der Waals surface area contributed by atoms with E-state index in [1.54, 1.807) is 37.5 Å². The average Bonchev–Trinajstić information content (AvgIpc) is 3.20. The molecular weight excluding hydrogens is 458 g/mol. The molecule has 0 aliphatic rings. The van der Waals surface area contributed by atoms with Crippen LogP contribution in [-0.4, -0.2) is 17.6 Å². The van der Waals surface area contributed by atoms with Crippen LogP contribution < -0.4 is 24.8 Å². The molecule has 0 aliphatic heterocycles. The Kier molecular flexibility index (Phi) is 7.24. The van der Waals surface area contributed by atoms with Crippen molar-refractivity contribution in [1.82, 2.24) is 9.88 Å². The maximum atomic E-state index is 13.5. The highest BCUT2D eigenvalue weighted by Gasteiger charge is 2.19. The summed E-state index contributed by atoms with van der Waals surface area (Å²) in [6.45, 7) is 1.85. The second kappa shape index (κ2) is 10.7. The van der Waals surface area contributed by atoms with E-state index in [0.717, 1.165) is 22.5 Å². The minimum atomic E-state index is -0.539. The number of carbonyl (C=O) groups is 1. The van der Waals surface area contributed by atoms with E-state index in [1.165, 1.54) is 4.57 Å². The summed E-state index contributed by atoms with van der Waals surface area (Å²) in [5, 5.41) is 12.9. The van der Waals surface area contributed by atoms with Crippen molar-refractivity contribution < 1.29 is 9.53 Å². The van der Waals surface area contributed by atoms with Crippen molar-refractivity contribution in [3.05, 3.63) is 116 Å². The lowest BCUT2D eigenvalue weighted by molar-refractivity contribution is -0.116. The Morgan fingerprint density at radius 3 is 2.40 bits per heavy atom. The number of hydrogen-bond acceptors (Lipinski definition) is 5. The first kappa shape index (κ1) is 23.7. The monoisotopic (exact) mass is 481 g/mol. The molecule has 0 saturated carbocycles. The van der Waals surface area contributed by atoms with Crippen LogP contribution in [0, 0.1) is 11.3 Å². The standard InChI is InChI=1S/C28H23N3O3S/c1-19(21-11-5-3-6-12-21)30-26(32)24(18-29)28-31(22-13-7-4-8-14-22)27(33)25(35-28)17-20-10-9-15-23(16-20)34-2/h3-17,19H,1-2H3,(H,30,32)/b25-17+,28-24+. The predicted octanol–water partition coefficient (Wildman–Crippen LogP) is 3.29. The highest BCUT2D eigenvalue weighted by Crippen LogP contribution is 2.14. The number of methoxy groups -OCH3 is 1. The van der Waals surface area contributed by atoms with Gasteiger partial charge in [0.2, 0.25) is 0 Å². The van der Waals surface area contributed by atoms with Gasteiger partial charge in [0.25, 0.3) is 11.5 Å². The Morgan fingerprint density at radius 2 is 1.74 bits per heavy atom. The molecular formula is C28H23N3O3S. The molecule has 0 aliphatic carbocycles. The van der Waals surface area contributed by atoms with E-state index in [0.29, 0.717) is 16.0 Å². The fraction of sp³-hybridized carbons (Fsp3) is 0.107. The third kappa shape index (κ3) is 5.24. The summed E-state index contributed by atoms with van der Waals surface area (Å²) < 4.78 is 7.37. The van der Waals surface area contributed by atoms with Crippen molar-refractivity contribution >= 4 is 28.9 Å². The fourth-order valence-electron chi connectivity index (χ4n) is 3.63. The van der Waals surface area contributed by atoms with Crippen molar-refractivity contribution in [3.8, 4) is 17.5 Å². The number of hydrogen-bond donors (Lipinski definition) is 1. The molecule has 1 unspecified atom stereocenters. The number of thiazole rings is 1. The first-order chi connectivity index (χ1) is 17.0. The smallest absolute Gasteiger partial charge is 0.273 e. The number of benzene rings is 3. The van der Waals surface area contributed by atoms with Crippen LogP contribution in [0.4, 0.5) is 0 Å². The summed E-state index contributed by atoms with van der Waals surface area (Å²) in [7, 11) is 1.58. The van der Waals surface area contributed by atoms with Gasteiger partial charge in [-0.2, -0.15) is 5.26 Å². The molecule has 1 N–H and O–H groups in total. The number of ether oxygens (including phenoxy) is 1. The van der Waals surface area contributed by atoms with Crippen LogP contribution in [0.5, 0.6) is 5.75 Å². The molecule has 174 valence electrons. The van der Waals surface area contributed by atoms with Gasteiger partial charge in [0.15, 0.2) is 5.57 Å². The Morgan fingerprint density at radius 1 is 1.06 bits per heavy atom. The highest BCUT2D eigenvalue weighted by atomic mass is 32.1. The zero-order valence-corrected chi connectivity index (χ0v) is 20.1. The zero-order valence-electron chi connectivity index (χ0n) is 19.3. The van der Waals surface area contributed by atoms with Crippen molar-refractivity contribution in [2.24, 2.45) is 0 Å². The van der Waals surface area contributed by atoms with E-state index in [-0.39, 0.29) is 21.8 Å². The Balaban J connectivity index is 1.89. The third-order valence-corrected chi connectivity index (χ3v) is 6.52. The van der Waals surface area contributed by atoms with Gasteiger partial charge < -0.3 is 10.1 Å². The van der Waals surface area contributed by atoms with Crippen LogP contribution in [0.15, 0.2) is 89.7 Å². The largest absolute Gasteiger partial charge is 0.497 e. The van der Waals surface area contributed by atoms with Crippen LogP contribution in [0.3, 0.4) is 0 Å². The summed E-state index contributed by atoms with van der Waals surface area (Å²) in [6, 6.07) is 27.5. The second-order valence-corrected chi connectivity index (χ2v) is 8.79. The van der Waals surface area contributed by atoms with Gasteiger partial charge in [-0.05, 0) is 48.4 Å². The molecule has 7 heteroatoms. The molecule has 0 radical (unpaired) electrons. The second-order valence-electron chi connectivity index (χ2n) is 7.76. The molecule has 0 bridgehead atoms. The van der Waals surface area contributed by atoms with Gasteiger partial charge in [0.1, 0.15) is 16.5 Å². The van der Waals surface area contributed by atoms with E-state index in [9.17, 15) is 14.9 Å². The van der Waals surface area contributed by atoms with Gasteiger partial charge >= 0.3 is 0 Å². The molecule has 35 heavy (non-hydrogen) atoms. The topological polar surface area (TPSA) is 84.1 Å². The third-order valence-electron chi connectivity index (χ3n) is 5.43. The number of nitrogens with zero attached hydrogens (tertiary/aromatic N) is 2. The summed E-state index contributed by atoms with van der Waals surface area (Å²) in [4.78, 5) is 26.7. The van der Waals surface area contributed by atoms with Crippen molar-refractivity contribution in [2.75, 3.05) is 7.11 Å². The average molecular weight is 482 g/mol. The number of amides is 1. The highest BCUT2D eigenvalue weighted by molar-refractivity contribution is 7.07. The van der Waals surface area contributed by atoms with E-state index in [4.69, 9.17) is 4.74 Å². The number of aromatic nitrogens is 1. The maximum Gasteiger partial charge on any atom is 0.273 e. The van der Waals surface area contributed by atoms with Crippen LogP contribution >= 0.6 is 11.3 Å². The zero-order chi connectivity index (χ0) is 24.8. The molecule has 3 aromatic carbocycles.